The molecule has 2 rings (SSSR count). The second kappa shape index (κ2) is 9.68. The average molecular weight is 393 g/mol. The van der Waals surface area contributed by atoms with E-state index in [1.807, 2.05) is 0 Å². The highest BCUT2D eigenvalue weighted by Crippen LogP contribution is 2.17. The Bertz CT molecular complexity index is 857. The average Bonchev–Trinajstić information content (AvgIpc) is 2.62. The van der Waals surface area contributed by atoms with Crippen molar-refractivity contribution < 1.29 is 23.5 Å². The highest BCUT2D eigenvalue weighted by Gasteiger charge is 2.12. The molecule has 0 fully saturated rings. The maximum atomic E-state index is 13.0. The van der Waals surface area contributed by atoms with Crippen LogP contribution in [0, 0.1) is 5.82 Å². The van der Waals surface area contributed by atoms with Gasteiger partial charge in [0.25, 0.3) is 5.91 Å². The Hall–Kier alpha value is -2.93. The van der Waals surface area contributed by atoms with Gasteiger partial charge in [-0.3, -0.25) is 9.59 Å². The molecule has 0 aromatic heterocycles. The highest BCUT2D eigenvalue weighted by atomic mass is 35.5. The molecule has 8 heteroatoms. The Kier molecular flexibility index (Phi) is 7.31. The number of amides is 2. The lowest BCUT2D eigenvalue weighted by atomic mass is 10.2. The van der Waals surface area contributed by atoms with Gasteiger partial charge in [0, 0.05) is 18.7 Å². The van der Waals surface area contributed by atoms with E-state index in [4.69, 9.17) is 16.3 Å². The SMILES string of the molecule is CCOC(=O)c1cccc(NC(=O)CCNC(=O)c2ccc(F)cc2Cl)c1. The molecule has 0 radical (unpaired) electrons. The van der Waals surface area contributed by atoms with Crippen LogP contribution in [-0.4, -0.2) is 30.9 Å². The molecule has 2 amide bonds. The third kappa shape index (κ3) is 6.07. The monoisotopic (exact) mass is 392 g/mol. The van der Waals surface area contributed by atoms with E-state index in [1.54, 1.807) is 25.1 Å². The number of carbonyl (C=O) groups excluding carboxylic acids is 3. The van der Waals surface area contributed by atoms with Crippen molar-refractivity contribution in [3.8, 4) is 0 Å². The molecule has 27 heavy (non-hydrogen) atoms. The minimum atomic E-state index is -0.541. The lowest BCUT2D eigenvalue weighted by molar-refractivity contribution is -0.116. The van der Waals surface area contributed by atoms with E-state index in [2.05, 4.69) is 10.6 Å². The molecule has 0 aliphatic carbocycles. The molecule has 0 spiro atoms. The van der Waals surface area contributed by atoms with Crippen LogP contribution < -0.4 is 10.6 Å². The van der Waals surface area contributed by atoms with Gasteiger partial charge in [-0.1, -0.05) is 17.7 Å². The Labute approximate surface area is 160 Å². The van der Waals surface area contributed by atoms with Gasteiger partial charge in [-0.2, -0.15) is 0 Å². The van der Waals surface area contributed by atoms with Crippen molar-refractivity contribution in [1.82, 2.24) is 5.32 Å². The number of hydrogen-bond acceptors (Lipinski definition) is 4. The molecule has 6 nitrogen and oxygen atoms in total. The van der Waals surface area contributed by atoms with Crippen LogP contribution >= 0.6 is 11.6 Å². The van der Waals surface area contributed by atoms with E-state index in [0.29, 0.717) is 11.3 Å². The summed E-state index contributed by atoms with van der Waals surface area (Å²) in [5.41, 5.74) is 0.896. The Morgan fingerprint density at radius 3 is 2.63 bits per heavy atom. The fourth-order valence-corrected chi connectivity index (χ4v) is 2.47. The number of ether oxygens (including phenoxy) is 1. The fraction of sp³-hybridized carbons (Fsp3) is 0.211. The number of benzene rings is 2. The molecule has 2 aromatic carbocycles. The van der Waals surface area contributed by atoms with Gasteiger partial charge in [0.05, 0.1) is 22.8 Å². The molecule has 142 valence electrons. The van der Waals surface area contributed by atoms with Crippen LogP contribution in [0.1, 0.15) is 34.1 Å². The van der Waals surface area contributed by atoms with Crippen LogP contribution in [0.15, 0.2) is 42.5 Å². The zero-order valence-electron chi connectivity index (χ0n) is 14.6. The molecule has 0 aliphatic rings. The van der Waals surface area contributed by atoms with Crippen molar-refractivity contribution in [2.75, 3.05) is 18.5 Å². The summed E-state index contributed by atoms with van der Waals surface area (Å²) in [6.07, 6.45) is 0.00812. The number of anilines is 1. The molecule has 0 atom stereocenters. The quantitative estimate of drug-likeness (QED) is 0.707. The standard InChI is InChI=1S/C19H18ClFN2O4/c1-2-27-19(26)12-4-3-5-14(10-12)23-17(24)8-9-22-18(25)15-7-6-13(21)11-16(15)20/h3-7,10-11H,2,8-9H2,1H3,(H,22,25)(H,23,24). The van der Waals surface area contributed by atoms with Gasteiger partial charge in [0.1, 0.15) is 5.82 Å². The first-order chi connectivity index (χ1) is 12.9. The number of carbonyl (C=O) groups is 3. The third-order valence-corrected chi connectivity index (χ3v) is 3.78. The maximum Gasteiger partial charge on any atom is 0.338 e. The highest BCUT2D eigenvalue weighted by molar-refractivity contribution is 6.33. The van der Waals surface area contributed by atoms with Crippen molar-refractivity contribution in [1.29, 1.82) is 0 Å². The smallest absolute Gasteiger partial charge is 0.338 e. The van der Waals surface area contributed by atoms with E-state index in [-0.39, 0.29) is 36.1 Å². The van der Waals surface area contributed by atoms with E-state index >= 15 is 0 Å². The van der Waals surface area contributed by atoms with Crippen molar-refractivity contribution in [3.05, 3.63) is 64.4 Å². The van der Waals surface area contributed by atoms with Crippen LogP contribution in [0.2, 0.25) is 5.02 Å². The molecular formula is C19H18ClFN2O4. The van der Waals surface area contributed by atoms with Crippen molar-refractivity contribution in [2.45, 2.75) is 13.3 Å². The van der Waals surface area contributed by atoms with Gasteiger partial charge in [0.15, 0.2) is 0 Å². The summed E-state index contributed by atoms with van der Waals surface area (Å²) in [5.74, 6) is -1.86. The van der Waals surface area contributed by atoms with Crippen molar-refractivity contribution >= 4 is 35.1 Å². The van der Waals surface area contributed by atoms with Gasteiger partial charge in [-0.05, 0) is 43.3 Å². The van der Waals surface area contributed by atoms with Crippen LogP contribution in [0.25, 0.3) is 0 Å². The lowest BCUT2D eigenvalue weighted by Crippen LogP contribution is -2.28. The summed E-state index contributed by atoms with van der Waals surface area (Å²) in [4.78, 5) is 35.7. The van der Waals surface area contributed by atoms with Crippen LogP contribution in [0.3, 0.4) is 0 Å². The van der Waals surface area contributed by atoms with E-state index in [9.17, 15) is 18.8 Å². The number of rotatable bonds is 7. The van der Waals surface area contributed by atoms with E-state index in [0.717, 1.165) is 12.1 Å². The lowest BCUT2D eigenvalue weighted by Gasteiger charge is -2.09. The van der Waals surface area contributed by atoms with Crippen molar-refractivity contribution in [2.24, 2.45) is 0 Å². The molecule has 0 saturated carbocycles. The molecular weight excluding hydrogens is 375 g/mol. The first-order valence-electron chi connectivity index (χ1n) is 8.21. The topological polar surface area (TPSA) is 84.5 Å². The van der Waals surface area contributed by atoms with E-state index in [1.165, 1.54) is 12.1 Å². The Morgan fingerprint density at radius 1 is 1.15 bits per heavy atom. The Balaban J connectivity index is 1.85. The van der Waals surface area contributed by atoms with Gasteiger partial charge in [-0.15, -0.1) is 0 Å². The van der Waals surface area contributed by atoms with E-state index < -0.39 is 17.7 Å². The summed E-state index contributed by atoms with van der Waals surface area (Å²) in [5, 5.41) is 5.17. The van der Waals surface area contributed by atoms with Gasteiger partial charge >= 0.3 is 5.97 Å². The first kappa shape index (κ1) is 20.4. The molecule has 2 aromatic rings. The minimum Gasteiger partial charge on any atom is -0.462 e. The van der Waals surface area contributed by atoms with Gasteiger partial charge < -0.3 is 15.4 Å². The molecule has 2 N–H and O–H groups in total. The molecule has 0 saturated heterocycles. The summed E-state index contributed by atoms with van der Waals surface area (Å²) >= 11 is 5.82. The number of nitrogens with one attached hydrogen (secondary N) is 2. The Morgan fingerprint density at radius 2 is 1.93 bits per heavy atom. The predicted octanol–water partition coefficient (Wildman–Crippen LogP) is 3.41. The zero-order chi connectivity index (χ0) is 19.8. The van der Waals surface area contributed by atoms with Crippen LogP contribution in [0.5, 0.6) is 0 Å². The third-order valence-electron chi connectivity index (χ3n) is 3.47. The molecule has 0 bridgehead atoms. The normalized spacial score (nSPS) is 10.2. The number of hydrogen-bond donors (Lipinski definition) is 2. The fourth-order valence-electron chi connectivity index (χ4n) is 2.22. The van der Waals surface area contributed by atoms with Crippen LogP contribution in [0.4, 0.5) is 10.1 Å². The zero-order valence-corrected chi connectivity index (χ0v) is 15.3. The van der Waals surface area contributed by atoms with Crippen molar-refractivity contribution in [3.63, 3.8) is 0 Å². The predicted molar refractivity (Wildman–Crippen MR) is 99.4 cm³/mol. The largest absolute Gasteiger partial charge is 0.462 e. The summed E-state index contributed by atoms with van der Waals surface area (Å²) in [6, 6.07) is 9.79. The maximum absolute atomic E-state index is 13.0. The summed E-state index contributed by atoms with van der Waals surface area (Å²) in [6.45, 7) is 2.03. The first-order valence-corrected chi connectivity index (χ1v) is 8.58. The number of halogens is 2. The van der Waals surface area contributed by atoms with Gasteiger partial charge in [0.2, 0.25) is 5.91 Å². The second-order valence-corrected chi connectivity index (χ2v) is 5.89. The molecule has 0 unspecified atom stereocenters. The minimum absolute atomic E-state index is 0.00673. The molecule has 0 heterocycles. The van der Waals surface area contributed by atoms with Crippen LogP contribution in [-0.2, 0) is 9.53 Å². The molecule has 0 aliphatic heterocycles. The number of esters is 1. The summed E-state index contributed by atoms with van der Waals surface area (Å²) in [7, 11) is 0. The summed E-state index contributed by atoms with van der Waals surface area (Å²) < 4.78 is 17.9. The van der Waals surface area contributed by atoms with Gasteiger partial charge in [-0.25, -0.2) is 9.18 Å². The second-order valence-electron chi connectivity index (χ2n) is 5.48.